The van der Waals surface area contributed by atoms with Crippen molar-refractivity contribution in [2.75, 3.05) is 86.6 Å². The first kappa shape index (κ1) is 61.0. The summed E-state index contributed by atoms with van der Waals surface area (Å²) in [6.07, 6.45) is 9.68. The van der Waals surface area contributed by atoms with Gasteiger partial charge in [0.15, 0.2) is 0 Å². The van der Waals surface area contributed by atoms with Crippen molar-refractivity contribution >= 4 is 24.4 Å². The average Bonchev–Trinajstić information content (AvgIpc) is 3.52. The van der Waals surface area contributed by atoms with E-state index in [2.05, 4.69) is 58.9 Å². The van der Waals surface area contributed by atoms with Gasteiger partial charge >= 0.3 is 24.4 Å². The Morgan fingerprint density at radius 3 is 1.06 bits per heavy atom. The predicted molar refractivity (Wildman–Crippen MR) is 242 cm³/mol. The van der Waals surface area contributed by atoms with Gasteiger partial charge in [0.2, 0.25) is 6.33 Å². The quantitative estimate of drug-likeness (QED) is 0.0520. The molecule has 0 spiro atoms. The molecule has 1 rings (SSSR count). The van der Waals surface area contributed by atoms with Crippen molar-refractivity contribution in [1.29, 1.82) is 0 Å². The number of carbonyl (C=O) groups excluding carboxylic acids is 4. The van der Waals surface area contributed by atoms with Crippen molar-refractivity contribution in [1.82, 2.24) is 40.5 Å². The number of rotatable bonds is 24. The highest BCUT2D eigenvalue weighted by molar-refractivity contribution is 5.68. The zero-order valence-electron chi connectivity index (χ0n) is 41.3. The molecule has 0 radical (unpaired) electrons. The van der Waals surface area contributed by atoms with Crippen LogP contribution in [0.3, 0.4) is 0 Å². The zero-order chi connectivity index (χ0) is 46.7. The molecule has 0 aliphatic rings. The smallest absolute Gasteiger partial charge is 0.407 e. The molecule has 0 bridgehead atoms. The first-order valence-electron chi connectivity index (χ1n) is 22.1. The minimum absolute atomic E-state index is 0. The molecule has 0 unspecified atom stereocenters. The summed E-state index contributed by atoms with van der Waals surface area (Å²) in [5.41, 5.74) is -2.16. The van der Waals surface area contributed by atoms with Crippen molar-refractivity contribution in [3.63, 3.8) is 0 Å². The lowest BCUT2D eigenvalue weighted by molar-refractivity contribution is -0.696. The number of nitrogens with one attached hydrogen (secondary N) is 4. The van der Waals surface area contributed by atoms with E-state index in [4.69, 9.17) is 18.9 Å². The van der Waals surface area contributed by atoms with E-state index >= 15 is 0 Å². The van der Waals surface area contributed by atoms with Crippen LogP contribution in [0.15, 0.2) is 18.7 Å². The molecule has 364 valence electrons. The molecule has 1 aromatic heterocycles. The van der Waals surface area contributed by atoms with E-state index in [1.165, 1.54) is 0 Å². The molecule has 0 saturated heterocycles. The van der Waals surface area contributed by atoms with Crippen LogP contribution in [0.5, 0.6) is 0 Å². The number of carbonyl (C=O) groups is 4. The molecule has 4 N–H and O–H groups in total. The number of hydrogen-bond acceptors (Lipinski definition) is 11. The maximum Gasteiger partial charge on any atom is 0.407 e. The summed E-state index contributed by atoms with van der Waals surface area (Å²) in [5, 5.41) is 11.4. The third-order valence-corrected chi connectivity index (χ3v) is 7.80. The molecule has 0 atom stereocenters. The largest absolute Gasteiger partial charge is 1.00 e. The molecule has 0 aliphatic heterocycles. The molecule has 17 nitrogen and oxygen atoms in total. The Morgan fingerprint density at radius 1 is 0.500 bits per heavy atom. The third kappa shape index (κ3) is 40.9. The number of nitrogens with zero attached hydrogens (tertiary/aromatic N) is 5. The number of hydrogen-bond donors (Lipinski definition) is 4. The lowest BCUT2D eigenvalue weighted by Crippen LogP contribution is -3.00. The molecule has 62 heavy (non-hydrogen) atoms. The number of ether oxygens (including phenoxy) is 4. The lowest BCUT2D eigenvalue weighted by atomic mass is 10.2. The maximum atomic E-state index is 12.1. The number of aryl methyl sites for hydroxylation is 2. The van der Waals surface area contributed by atoms with E-state index in [0.717, 1.165) is 90.9 Å². The second-order valence-corrected chi connectivity index (χ2v) is 19.8. The lowest BCUT2D eigenvalue weighted by Gasteiger charge is -2.23. The topological polar surface area (TPSA) is 172 Å². The second-order valence-electron chi connectivity index (χ2n) is 19.8. The molecule has 0 saturated carbocycles. The Labute approximate surface area is 392 Å². The molecule has 0 aromatic carbocycles. The molecular formula is C44H88IN9O8. The van der Waals surface area contributed by atoms with Crippen LogP contribution in [0.1, 0.15) is 122 Å². The number of alkyl carbamates (subject to hydrolysis) is 4. The minimum Gasteiger partial charge on any atom is -1.00 e. The SMILES string of the molecule is CC(C)(C)OC(=O)NCCCN(CCCNC(=O)OC(C)(C)C)CCCn1cc[n+](CCCN(CCCNC(=O)OC(C)(C)C)CCCNC(=O)OC(C)(C)C)c1.CN(C)C.[I-]. The predicted octanol–water partition coefficient (Wildman–Crippen LogP) is 3.00. The number of imidazole rings is 1. The van der Waals surface area contributed by atoms with Crippen LogP contribution in [0.2, 0.25) is 0 Å². The fourth-order valence-electron chi connectivity index (χ4n) is 5.56. The monoisotopic (exact) mass is 998 g/mol. The van der Waals surface area contributed by atoms with Gasteiger partial charge in [0, 0.05) is 39.3 Å². The minimum atomic E-state index is -0.541. The van der Waals surface area contributed by atoms with E-state index in [0.29, 0.717) is 26.2 Å². The second kappa shape index (κ2) is 31.7. The van der Waals surface area contributed by atoms with E-state index in [-0.39, 0.29) is 24.0 Å². The van der Waals surface area contributed by atoms with Crippen molar-refractivity contribution in [2.24, 2.45) is 0 Å². The van der Waals surface area contributed by atoms with Gasteiger partial charge in [0.25, 0.3) is 0 Å². The Hall–Kier alpha value is -3.10. The molecule has 18 heteroatoms. The van der Waals surface area contributed by atoms with Gasteiger partial charge < -0.3 is 78.9 Å². The van der Waals surface area contributed by atoms with Crippen molar-refractivity contribution in [2.45, 2.75) is 157 Å². The van der Waals surface area contributed by atoms with E-state index in [1.54, 1.807) is 0 Å². The molecule has 0 aliphatic carbocycles. The van der Waals surface area contributed by atoms with Crippen LogP contribution >= 0.6 is 0 Å². The van der Waals surface area contributed by atoms with Gasteiger partial charge in [-0.3, -0.25) is 0 Å². The highest BCUT2D eigenvalue weighted by atomic mass is 127. The first-order valence-corrected chi connectivity index (χ1v) is 22.1. The number of aromatic nitrogens is 2. The molecule has 1 aromatic rings. The van der Waals surface area contributed by atoms with Gasteiger partial charge in [-0.25, -0.2) is 28.3 Å². The van der Waals surface area contributed by atoms with Crippen LogP contribution in [-0.4, -0.2) is 153 Å². The highest BCUT2D eigenvalue weighted by Crippen LogP contribution is 2.09. The van der Waals surface area contributed by atoms with Crippen molar-refractivity contribution in [3.05, 3.63) is 18.7 Å². The summed E-state index contributed by atoms with van der Waals surface area (Å²) in [6.45, 7) is 30.9. The summed E-state index contributed by atoms with van der Waals surface area (Å²) in [4.78, 5) is 55.1. The number of halogens is 1. The van der Waals surface area contributed by atoms with E-state index < -0.39 is 46.8 Å². The summed E-state index contributed by atoms with van der Waals surface area (Å²) in [5.74, 6) is 0. The van der Waals surface area contributed by atoms with E-state index in [1.807, 2.05) is 109 Å². The fourth-order valence-corrected chi connectivity index (χ4v) is 5.56. The van der Waals surface area contributed by atoms with Crippen LogP contribution in [0, 0.1) is 0 Å². The number of amides is 4. The highest BCUT2D eigenvalue weighted by Gasteiger charge is 2.19. The molecule has 0 fully saturated rings. The average molecular weight is 998 g/mol. The summed E-state index contributed by atoms with van der Waals surface area (Å²) in [7, 11) is 6.00. The Balaban J connectivity index is 0. The Morgan fingerprint density at radius 2 is 0.774 bits per heavy atom. The van der Waals surface area contributed by atoms with Gasteiger partial charge in [0.05, 0.1) is 13.1 Å². The zero-order valence-corrected chi connectivity index (χ0v) is 43.5. The summed E-state index contributed by atoms with van der Waals surface area (Å²) >= 11 is 0. The summed E-state index contributed by atoms with van der Waals surface area (Å²) < 4.78 is 25.8. The molecule has 4 amide bonds. The molecule has 1 heterocycles. The first-order chi connectivity index (χ1) is 28.1. The Kier molecular flexibility index (Phi) is 31.2. The Bertz CT molecular complexity index is 1200. The van der Waals surface area contributed by atoms with Gasteiger partial charge in [-0.2, -0.15) is 0 Å². The van der Waals surface area contributed by atoms with Crippen LogP contribution in [0.4, 0.5) is 19.2 Å². The van der Waals surface area contributed by atoms with Gasteiger partial charge in [-0.1, -0.05) is 0 Å². The maximum absolute atomic E-state index is 12.1. The third-order valence-electron chi connectivity index (χ3n) is 7.80. The van der Waals surface area contributed by atoms with Crippen molar-refractivity contribution in [3.8, 4) is 0 Å². The van der Waals surface area contributed by atoms with Crippen LogP contribution in [-0.2, 0) is 32.0 Å². The van der Waals surface area contributed by atoms with Crippen molar-refractivity contribution < 1.29 is 66.7 Å². The van der Waals surface area contributed by atoms with Crippen LogP contribution < -0.4 is 49.8 Å². The standard InChI is InChI=1S/C41H78N8O8.C3H9N.HI/c1-38(2,3)54-34(50)42-19-13-23-46(24-14-20-43-35(51)55-39(4,5)6)27-17-29-48-31-32-49(33-48)30-18-28-47(25-15-21-44-36(52)56-40(7,8)9)26-16-22-45-37(53)57-41(10,11)12;1-4(2)3;/h31-33H,13-30H2,1-12H3,(H3-,42,43,44,45,50,51,52,53);1-3H3;1H. The fraction of sp³-hybridized carbons (Fsp3) is 0.841. The van der Waals surface area contributed by atoms with E-state index in [9.17, 15) is 19.2 Å². The van der Waals surface area contributed by atoms with Crippen LogP contribution in [0.25, 0.3) is 0 Å². The normalized spacial score (nSPS) is 11.9. The van der Waals surface area contributed by atoms with Gasteiger partial charge in [-0.15, -0.1) is 0 Å². The molecular weight excluding hydrogens is 909 g/mol. The van der Waals surface area contributed by atoms with Gasteiger partial charge in [0.1, 0.15) is 34.8 Å². The summed E-state index contributed by atoms with van der Waals surface area (Å²) in [6, 6.07) is 0. The van der Waals surface area contributed by atoms with Gasteiger partial charge in [-0.05, 0) is 169 Å².